The quantitative estimate of drug-likeness (QED) is 0.811. The van der Waals surface area contributed by atoms with E-state index in [1.807, 2.05) is 18.2 Å². The average Bonchev–Trinajstić information content (AvgIpc) is 2.99. The fraction of sp³-hybridized carbons (Fsp3) is 0.357. The van der Waals surface area contributed by atoms with Crippen molar-refractivity contribution >= 4 is 39.5 Å². The van der Waals surface area contributed by atoms with Crippen LogP contribution in [0.5, 0.6) is 0 Å². The Morgan fingerprint density at radius 3 is 2.42 bits per heavy atom. The van der Waals surface area contributed by atoms with Crippen molar-refractivity contribution in [1.29, 1.82) is 0 Å². The van der Waals surface area contributed by atoms with Gasteiger partial charge in [0.25, 0.3) is 0 Å². The van der Waals surface area contributed by atoms with Crippen LogP contribution in [0.3, 0.4) is 0 Å². The lowest BCUT2D eigenvalue weighted by atomic mass is 10.1. The minimum atomic E-state index is 0.558. The molecule has 1 aromatic carbocycles. The van der Waals surface area contributed by atoms with Gasteiger partial charge < -0.3 is 5.73 Å². The first-order valence-corrected chi connectivity index (χ1v) is 7.94. The molecule has 0 saturated heterocycles. The Labute approximate surface area is 126 Å². The van der Waals surface area contributed by atoms with Crippen molar-refractivity contribution in [2.24, 2.45) is 0 Å². The summed E-state index contributed by atoms with van der Waals surface area (Å²) in [7, 11) is 0. The number of nitrogens with zero attached hydrogens (tertiary/aromatic N) is 1. The van der Waals surface area contributed by atoms with Crippen LogP contribution in [0.2, 0.25) is 10.0 Å². The average molecular weight is 313 g/mol. The monoisotopic (exact) mass is 312 g/mol. The molecule has 19 heavy (non-hydrogen) atoms. The van der Waals surface area contributed by atoms with Crippen LogP contribution in [0, 0.1) is 0 Å². The lowest BCUT2D eigenvalue weighted by molar-refractivity contribution is 0.717. The number of halogens is 2. The normalized spacial score (nSPS) is 16.1. The van der Waals surface area contributed by atoms with E-state index >= 15 is 0 Å². The van der Waals surface area contributed by atoms with Crippen LogP contribution in [0.25, 0.3) is 11.3 Å². The first-order chi connectivity index (χ1) is 9.16. The van der Waals surface area contributed by atoms with Gasteiger partial charge in [-0.15, -0.1) is 11.3 Å². The van der Waals surface area contributed by atoms with E-state index in [1.54, 1.807) is 11.3 Å². The zero-order valence-corrected chi connectivity index (χ0v) is 12.7. The predicted molar refractivity (Wildman–Crippen MR) is 83.2 cm³/mol. The largest absolute Gasteiger partial charge is 0.389 e. The van der Waals surface area contributed by atoms with E-state index in [2.05, 4.69) is 0 Å². The van der Waals surface area contributed by atoms with Gasteiger partial charge in [-0.1, -0.05) is 42.1 Å². The Morgan fingerprint density at radius 1 is 1.16 bits per heavy atom. The first kappa shape index (κ1) is 13.2. The molecule has 3 rings (SSSR count). The highest BCUT2D eigenvalue weighted by Crippen LogP contribution is 2.43. The minimum Gasteiger partial charge on any atom is -0.389 e. The van der Waals surface area contributed by atoms with Gasteiger partial charge in [0.15, 0.2) is 0 Å². The summed E-state index contributed by atoms with van der Waals surface area (Å²) >= 11 is 14.0. The molecule has 0 aliphatic heterocycles. The van der Waals surface area contributed by atoms with Gasteiger partial charge in [0.2, 0.25) is 0 Å². The van der Waals surface area contributed by atoms with Gasteiger partial charge in [-0.2, -0.15) is 0 Å². The molecular weight excluding hydrogens is 299 g/mol. The van der Waals surface area contributed by atoms with E-state index in [4.69, 9.17) is 33.9 Å². The van der Waals surface area contributed by atoms with Crippen molar-refractivity contribution < 1.29 is 0 Å². The highest BCUT2D eigenvalue weighted by Gasteiger charge is 2.23. The number of aromatic nitrogens is 1. The first-order valence-electron chi connectivity index (χ1n) is 6.37. The van der Waals surface area contributed by atoms with E-state index in [0.29, 0.717) is 21.0 Å². The molecule has 0 atom stereocenters. The summed E-state index contributed by atoms with van der Waals surface area (Å²) in [5.41, 5.74) is 7.61. The van der Waals surface area contributed by atoms with E-state index in [1.165, 1.54) is 25.7 Å². The summed E-state index contributed by atoms with van der Waals surface area (Å²) in [5.74, 6) is 0.558. The van der Waals surface area contributed by atoms with Gasteiger partial charge in [-0.3, -0.25) is 0 Å². The van der Waals surface area contributed by atoms with Gasteiger partial charge in [-0.25, -0.2) is 4.98 Å². The maximum Gasteiger partial charge on any atom is 0.114 e. The van der Waals surface area contributed by atoms with Crippen LogP contribution in [0.1, 0.15) is 36.6 Å². The molecular formula is C14H14Cl2N2S. The zero-order chi connectivity index (χ0) is 13.4. The maximum absolute atomic E-state index is 6.23. The Morgan fingerprint density at radius 2 is 1.79 bits per heavy atom. The van der Waals surface area contributed by atoms with E-state index in [9.17, 15) is 0 Å². The topological polar surface area (TPSA) is 38.9 Å². The SMILES string of the molecule is Nc1sc(C2CCCC2)nc1-c1c(Cl)cccc1Cl. The lowest BCUT2D eigenvalue weighted by Gasteiger charge is -2.05. The van der Waals surface area contributed by atoms with E-state index in [0.717, 1.165) is 16.3 Å². The molecule has 0 bridgehead atoms. The van der Waals surface area contributed by atoms with E-state index < -0.39 is 0 Å². The third-order valence-electron chi connectivity index (χ3n) is 3.57. The highest BCUT2D eigenvalue weighted by molar-refractivity contribution is 7.16. The molecule has 0 amide bonds. The Hall–Kier alpha value is -0.770. The number of benzene rings is 1. The molecule has 2 N–H and O–H groups in total. The second-order valence-corrected chi connectivity index (χ2v) is 6.72. The standard InChI is InChI=1S/C14H14Cl2N2S/c15-9-6-3-7-10(16)11(9)12-13(17)19-14(18-12)8-4-1-2-5-8/h3,6-8H,1-2,4-5,17H2. The molecule has 0 unspecified atom stereocenters. The molecule has 2 nitrogen and oxygen atoms in total. The molecule has 1 aromatic heterocycles. The third kappa shape index (κ3) is 2.47. The van der Waals surface area contributed by atoms with Crippen molar-refractivity contribution in [1.82, 2.24) is 4.98 Å². The van der Waals surface area contributed by atoms with Gasteiger partial charge in [0.1, 0.15) is 10.7 Å². The fourth-order valence-electron chi connectivity index (χ4n) is 2.60. The molecule has 1 saturated carbocycles. The van der Waals surface area contributed by atoms with Crippen molar-refractivity contribution in [3.63, 3.8) is 0 Å². The van der Waals surface area contributed by atoms with Crippen molar-refractivity contribution in [3.8, 4) is 11.3 Å². The Kier molecular flexibility index (Phi) is 3.70. The fourth-order valence-corrected chi connectivity index (χ4v) is 4.19. The molecule has 0 radical (unpaired) electrons. The summed E-state index contributed by atoms with van der Waals surface area (Å²) < 4.78 is 0. The summed E-state index contributed by atoms with van der Waals surface area (Å²) in [6, 6.07) is 5.46. The maximum atomic E-state index is 6.23. The van der Waals surface area contributed by atoms with Crippen LogP contribution in [0.15, 0.2) is 18.2 Å². The number of rotatable bonds is 2. The van der Waals surface area contributed by atoms with E-state index in [-0.39, 0.29) is 0 Å². The zero-order valence-electron chi connectivity index (χ0n) is 10.3. The Balaban J connectivity index is 2.05. The molecule has 5 heteroatoms. The Bertz CT molecular complexity index is 583. The molecule has 1 fully saturated rings. The van der Waals surface area contributed by atoms with Gasteiger partial charge in [0, 0.05) is 11.5 Å². The van der Waals surface area contributed by atoms with Crippen molar-refractivity contribution in [3.05, 3.63) is 33.3 Å². The van der Waals surface area contributed by atoms with Crippen LogP contribution in [-0.2, 0) is 0 Å². The molecule has 1 aliphatic rings. The second kappa shape index (κ2) is 5.31. The molecule has 100 valence electrons. The molecule has 1 aliphatic carbocycles. The molecule has 0 spiro atoms. The molecule has 1 heterocycles. The summed E-state index contributed by atoms with van der Waals surface area (Å²) in [4.78, 5) is 4.71. The summed E-state index contributed by atoms with van der Waals surface area (Å²) in [5, 5.41) is 3.03. The van der Waals surface area contributed by atoms with Crippen molar-refractivity contribution in [2.75, 3.05) is 5.73 Å². The van der Waals surface area contributed by atoms with Crippen LogP contribution in [0.4, 0.5) is 5.00 Å². The van der Waals surface area contributed by atoms with Gasteiger partial charge in [-0.05, 0) is 25.0 Å². The van der Waals surface area contributed by atoms with Gasteiger partial charge in [0.05, 0.1) is 15.1 Å². The number of hydrogen-bond donors (Lipinski definition) is 1. The number of nitrogen functional groups attached to an aromatic ring is 1. The lowest BCUT2D eigenvalue weighted by Crippen LogP contribution is -1.92. The van der Waals surface area contributed by atoms with Crippen LogP contribution in [-0.4, -0.2) is 4.98 Å². The number of anilines is 1. The molecule has 2 aromatic rings. The van der Waals surface area contributed by atoms with Crippen molar-refractivity contribution in [2.45, 2.75) is 31.6 Å². The van der Waals surface area contributed by atoms with Crippen LogP contribution >= 0.6 is 34.5 Å². The van der Waals surface area contributed by atoms with Crippen LogP contribution < -0.4 is 5.73 Å². The smallest absolute Gasteiger partial charge is 0.114 e. The number of thiazole rings is 1. The highest BCUT2D eigenvalue weighted by atomic mass is 35.5. The number of nitrogens with two attached hydrogens (primary N) is 1. The summed E-state index contributed by atoms with van der Waals surface area (Å²) in [6.07, 6.45) is 4.99. The summed E-state index contributed by atoms with van der Waals surface area (Å²) in [6.45, 7) is 0. The minimum absolute atomic E-state index is 0.558. The predicted octanol–water partition coefficient (Wildman–Crippen LogP) is 5.36. The van der Waals surface area contributed by atoms with Gasteiger partial charge >= 0.3 is 0 Å². The second-order valence-electron chi connectivity index (χ2n) is 4.84. The third-order valence-corrected chi connectivity index (χ3v) is 5.25. The number of hydrogen-bond acceptors (Lipinski definition) is 3.